The maximum absolute atomic E-state index is 12.1. The van der Waals surface area contributed by atoms with Crippen LogP contribution in [0.25, 0.3) is 0 Å². The first-order valence-corrected chi connectivity index (χ1v) is 5.64. The van der Waals surface area contributed by atoms with Gasteiger partial charge < -0.3 is 14.0 Å². The summed E-state index contributed by atoms with van der Waals surface area (Å²) in [6.45, 7) is 1.53. The summed E-state index contributed by atoms with van der Waals surface area (Å²) in [5, 5.41) is 0. The molecule has 0 radical (unpaired) electrons. The van der Waals surface area contributed by atoms with Crippen molar-refractivity contribution in [3.8, 4) is 0 Å². The van der Waals surface area contributed by atoms with Crippen molar-refractivity contribution in [1.29, 1.82) is 0 Å². The van der Waals surface area contributed by atoms with E-state index >= 15 is 0 Å². The summed E-state index contributed by atoms with van der Waals surface area (Å²) >= 11 is 0. The second-order valence-corrected chi connectivity index (χ2v) is 4.38. The van der Waals surface area contributed by atoms with Crippen LogP contribution >= 0.6 is 0 Å². The number of hydrogen-bond acceptors (Lipinski definition) is 2. The Labute approximate surface area is 99.3 Å². The number of aromatic nitrogens is 3. The van der Waals surface area contributed by atoms with Gasteiger partial charge in [0, 0.05) is 38.7 Å². The summed E-state index contributed by atoms with van der Waals surface area (Å²) < 4.78 is 3.90. The van der Waals surface area contributed by atoms with Crippen molar-refractivity contribution < 1.29 is 4.79 Å². The Balaban J connectivity index is 1.66. The molecule has 1 saturated heterocycles. The first kappa shape index (κ1) is 10.1. The molecule has 2 aromatic rings. The van der Waals surface area contributed by atoms with Crippen LogP contribution in [0.15, 0.2) is 37.1 Å². The SMILES string of the molecule is Cn1cccc1C(=O)N1CC(n2ccnc2)C1. The van der Waals surface area contributed by atoms with Gasteiger partial charge in [0.25, 0.3) is 5.91 Å². The molecule has 5 heteroatoms. The first-order chi connectivity index (χ1) is 8.25. The van der Waals surface area contributed by atoms with Crippen molar-refractivity contribution in [3.63, 3.8) is 0 Å². The van der Waals surface area contributed by atoms with E-state index in [1.165, 1.54) is 0 Å². The smallest absolute Gasteiger partial charge is 0.270 e. The molecule has 0 atom stereocenters. The number of likely N-dealkylation sites (tertiary alicyclic amines) is 1. The van der Waals surface area contributed by atoms with Crippen molar-refractivity contribution in [2.45, 2.75) is 6.04 Å². The maximum Gasteiger partial charge on any atom is 0.270 e. The van der Waals surface area contributed by atoms with Crippen molar-refractivity contribution in [3.05, 3.63) is 42.7 Å². The number of imidazole rings is 1. The van der Waals surface area contributed by atoms with E-state index in [1.54, 1.807) is 12.5 Å². The zero-order chi connectivity index (χ0) is 11.8. The van der Waals surface area contributed by atoms with E-state index in [1.807, 2.05) is 41.0 Å². The monoisotopic (exact) mass is 230 g/mol. The molecule has 0 spiro atoms. The third-order valence-corrected chi connectivity index (χ3v) is 3.26. The van der Waals surface area contributed by atoms with Gasteiger partial charge in [-0.05, 0) is 12.1 Å². The van der Waals surface area contributed by atoms with Crippen molar-refractivity contribution in [2.24, 2.45) is 7.05 Å². The van der Waals surface area contributed by atoms with E-state index in [0.29, 0.717) is 6.04 Å². The van der Waals surface area contributed by atoms with Gasteiger partial charge in [-0.1, -0.05) is 0 Å². The molecule has 3 heterocycles. The zero-order valence-electron chi connectivity index (χ0n) is 9.65. The third kappa shape index (κ3) is 1.63. The summed E-state index contributed by atoms with van der Waals surface area (Å²) in [7, 11) is 1.89. The number of carbonyl (C=O) groups is 1. The second-order valence-electron chi connectivity index (χ2n) is 4.38. The summed E-state index contributed by atoms with van der Waals surface area (Å²) in [6.07, 6.45) is 7.39. The fourth-order valence-corrected chi connectivity index (χ4v) is 2.14. The molecule has 1 amide bonds. The van der Waals surface area contributed by atoms with Gasteiger partial charge in [-0.15, -0.1) is 0 Å². The van der Waals surface area contributed by atoms with Gasteiger partial charge in [-0.3, -0.25) is 4.79 Å². The Kier molecular flexibility index (Phi) is 2.24. The van der Waals surface area contributed by atoms with Crippen LogP contribution in [-0.2, 0) is 7.05 Å². The molecule has 0 bridgehead atoms. The predicted molar refractivity (Wildman–Crippen MR) is 62.6 cm³/mol. The van der Waals surface area contributed by atoms with Crippen LogP contribution in [0.4, 0.5) is 0 Å². The molecular weight excluding hydrogens is 216 g/mol. The Morgan fingerprint density at radius 2 is 2.24 bits per heavy atom. The standard InChI is InChI=1S/C12H14N4O/c1-14-5-2-3-11(14)12(17)16-7-10(8-16)15-6-4-13-9-15/h2-6,9-10H,7-8H2,1H3. The summed E-state index contributed by atoms with van der Waals surface area (Å²) in [6, 6.07) is 4.12. The molecule has 88 valence electrons. The number of carbonyl (C=O) groups excluding carboxylic acids is 1. The molecule has 17 heavy (non-hydrogen) atoms. The van der Waals surface area contributed by atoms with Crippen molar-refractivity contribution in [2.75, 3.05) is 13.1 Å². The predicted octanol–water partition coefficient (Wildman–Crippen LogP) is 0.919. The summed E-state index contributed by atoms with van der Waals surface area (Å²) in [4.78, 5) is 18.0. The van der Waals surface area contributed by atoms with E-state index in [9.17, 15) is 4.79 Å². The molecule has 0 N–H and O–H groups in total. The molecular formula is C12H14N4O. The molecule has 3 rings (SSSR count). The topological polar surface area (TPSA) is 43.1 Å². The fraction of sp³-hybridized carbons (Fsp3) is 0.333. The Hall–Kier alpha value is -2.04. The quantitative estimate of drug-likeness (QED) is 0.770. The molecule has 1 aliphatic rings. The highest BCUT2D eigenvalue weighted by Gasteiger charge is 2.32. The number of nitrogens with zero attached hydrogens (tertiary/aromatic N) is 4. The number of amides is 1. The highest BCUT2D eigenvalue weighted by molar-refractivity contribution is 5.93. The van der Waals surface area contributed by atoms with E-state index in [4.69, 9.17) is 0 Å². The number of rotatable bonds is 2. The van der Waals surface area contributed by atoms with Gasteiger partial charge in [-0.2, -0.15) is 0 Å². The van der Waals surface area contributed by atoms with Crippen LogP contribution in [0.2, 0.25) is 0 Å². The third-order valence-electron chi connectivity index (χ3n) is 3.26. The van der Waals surface area contributed by atoms with Crippen LogP contribution in [0, 0.1) is 0 Å². The zero-order valence-corrected chi connectivity index (χ0v) is 9.65. The lowest BCUT2D eigenvalue weighted by Gasteiger charge is -2.39. The molecule has 2 aromatic heterocycles. The summed E-state index contributed by atoms with van der Waals surface area (Å²) in [5.74, 6) is 0.105. The van der Waals surface area contributed by atoms with E-state index in [0.717, 1.165) is 18.8 Å². The maximum atomic E-state index is 12.1. The first-order valence-electron chi connectivity index (χ1n) is 5.64. The lowest BCUT2D eigenvalue weighted by atomic mass is 10.1. The molecule has 5 nitrogen and oxygen atoms in total. The minimum atomic E-state index is 0.105. The Bertz CT molecular complexity index is 522. The highest BCUT2D eigenvalue weighted by Crippen LogP contribution is 2.22. The number of hydrogen-bond donors (Lipinski definition) is 0. The van der Waals surface area contributed by atoms with E-state index < -0.39 is 0 Å². The van der Waals surface area contributed by atoms with Gasteiger partial charge >= 0.3 is 0 Å². The number of aryl methyl sites for hydroxylation is 1. The van der Waals surface area contributed by atoms with Crippen LogP contribution in [0.1, 0.15) is 16.5 Å². The van der Waals surface area contributed by atoms with Crippen molar-refractivity contribution >= 4 is 5.91 Å². The van der Waals surface area contributed by atoms with Gasteiger partial charge in [-0.25, -0.2) is 4.98 Å². The van der Waals surface area contributed by atoms with E-state index in [2.05, 4.69) is 9.55 Å². The molecule has 0 saturated carbocycles. The van der Waals surface area contributed by atoms with Gasteiger partial charge in [0.15, 0.2) is 0 Å². The average molecular weight is 230 g/mol. The van der Waals surface area contributed by atoms with Crippen LogP contribution < -0.4 is 0 Å². The Morgan fingerprint density at radius 3 is 2.82 bits per heavy atom. The largest absolute Gasteiger partial charge is 0.347 e. The van der Waals surface area contributed by atoms with Gasteiger partial charge in [0.2, 0.25) is 0 Å². The molecule has 0 aliphatic carbocycles. The van der Waals surface area contributed by atoms with Crippen LogP contribution in [-0.4, -0.2) is 38.0 Å². The molecule has 0 unspecified atom stereocenters. The minimum absolute atomic E-state index is 0.105. The second kappa shape index (κ2) is 3.76. The Morgan fingerprint density at radius 1 is 1.41 bits per heavy atom. The van der Waals surface area contributed by atoms with E-state index in [-0.39, 0.29) is 5.91 Å². The fourth-order valence-electron chi connectivity index (χ4n) is 2.14. The lowest BCUT2D eigenvalue weighted by Crippen LogP contribution is -2.50. The van der Waals surface area contributed by atoms with Gasteiger partial charge in [0.05, 0.1) is 12.4 Å². The molecule has 0 aromatic carbocycles. The molecule has 1 fully saturated rings. The normalized spacial score (nSPS) is 15.9. The van der Waals surface area contributed by atoms with Crippen LogP contribution in [0.5, 0.6) is 0 Å². The summed E-state index contributed by atoms with van der Waals surface area (Å²) in [5.41, 5.74) is 0.745. The van der Waals surface area contributed by atoms with Crippen LogP contribution in [0.3, 0.4) is 0 Å². The lowest BCUT2D eigenvalue weighted by molar-refractivity contribution is 0.0511. The van der Waals surface area contributed by atoms with Gasteiger partial charge in [0.1, 0.15) is 5.69 Å². The average Bonchev–Trinajstić information content (AvgIpc) is 2.86. The van der Waals surface area contributed by atoms with Crippen molar-refractivity contribution in [1.82, 2.24) is 19.0 Å². The molecule has 1 aliphatic heterocycles. The highest BCUT2D eigenvalue weighted by atomic mass is 16.2. The minimum Gasteiger partial charge on any atom is -0.347 e.